The first-order chi connectivity index (χ1) is 11.7. The third-order valence-corrected chi connectivity index (χ3v) is 4.80. The van der Waals surface area contributed by atoms with Crippen LogP contribution in [0.15, 0.2) is 54.7 Å². The highest BCUT2D eigenvalue weighted by Crippen LogP contribution is 2.37. The van der Waals surface area contributed by atoms with Crippen LogP contribution in [0.4, 0.5) is 0 Å². The predicted molar refractivity (Wildman–Crippen MR) is 97.3 cm³/mol. The second-order valence-electron chi connectivity index (χ2n) is 5.44. The van der Waals surface area contributed by atoms with Crippen molar-refractivity contribution >= 4 is 23.1 Å². The maximum Gasteiger partial charge on any atom is 0.214 e. The minimum absolute atomic E-state index is 0.0346. The summed E-state index contributed by atoms with van der Waals surface area (Å²) in [6.07, 6.45) is 2.72. The SMILES string of the molecule is CCSCc1cccc(C2=C(NC)OC(c3cccnc3)C2=O)c1. The normalized spacial score (nSPS) is 17.1. The van der Waals surface area contributed by atoms with E-state index >= 15 is 0 Å². The van der Waals surface area contributed by atoms with Gasteiger partial charge in [-0.15, -0.1) is 0 Å². The van der Waals surface area contributed by atoms with Crippen LogP contribution >= 0.6 is 11.8 Å². The highest BCUT2D eigenvalue weighted by atomic mass is 32.2. The van der Waals surface area contributed by atoms with Crippen LogP contribution in [0.2, 0.25) is 0 Å². The topological polar surface area (TPSA) is 51.2 Å². The summed E-state index contributed by atoms with van der Waals surface area (Å²) in [5.74, 6) is 2.50. The van der Waals surface area contributed by atoms with Gasteiger partial charge in [-0.25, -0.2) is 0 Å². The number of carbonyl (C=O) groups excluding carboxylic acids is 1. The molecule has 124 valence electrons. The molecule has 5 heteroatoms. The van der Waals surface area contributed by atoms with Gasteiger partial charge in [0.2, 0.25) is 5.78 Å². The minimum atomic E-state index is -0.634. The second-order valence-corrected chi connectivity index (χ2v) is 6.71. The number of hydrogen-bond donors (Lipinski definition) is 1. The third kappa shape index (κ3) is 3.31. The first kappa shape index (κ1) is 16.6. The van der Waals surface area contributed by atoms with Crippen molar-refractivity contribution in [2.45, 2.75) is 18.8 Å². The van der Waals surface area contributed by atoms with Crippen molar-refractivity contribution in [3.8, 4) is 0 Å². The van der Waals surface area contributed by atoms with E-state index in [9.17, 15) is 4.79 Å². The van der Waals surface area contributed by atoms with Crippen LogP contribution in [0.25, 0.3) is 5.57 Å². The summed E-state index contributed by atoms with van der Waals surface area (Å²) in [5, 5.41) is 3.02. The van der Waals surface area contributed by atoms with Crippen molar-refractivity contribution in [2.24, 2.45) is 0 Å². The Morgan fingerprint density at radius 1 is 1.29 bits per heavy atom. The minimum Gasteiger partial charge on any atom is -0.462 e. The average Bonchev–Trinajstić information content (AvgIpc) is 2.97. The zero-order valence-electron chi connectivity index (χ0n) is 13.8. The Kier molecular flexibility index (Phi) is 5.20. The highest BCUT2D eigenvalue weighted by Gasteiger charge is 2.36. The molecule has 0 bridgehead atoms. The van der Waals surface area contributed by atoms with Crippen LogP contribution in [0.5, 0.6) is 0 Å². The number of nitrogens with zero attached hydrogens (tertiary/aromatic N) is 1. The molecule has 0 spiro atoms. The molecule has 1 aliphatic rings. The van der Waals surface area contributed by atoms with Crippen LogP contribution in [0, 0.1) is 0 Å². The van der Waals surface area contributed by atoms with Crippen LogP contribution < -0.4 is 5.32 Å². The Balaban J connectivity index is 1.92. The molecule has 1 unspecified atom stereocenters. The lowest BCUT2D eigenvalue weighted by Gasteiger charge is -2.10. The number of ether oxygens (including phenoxy) is 1. The van der Waals surface area contributed by atoms with Gasteiger partial charge in [-0.2, -0.15) is 11.8 Å². The van der Waals surface area contributed by atoms with E-state index in [2.05, 4.69) is 29.4 Å². The molecular weight excluding hydrogens is 320 g/mol. The maximum absolute atomic E-state index is 12.9. The molecule has 1 aromatic heterocycles. The van der Waals surface area contributed by atoms with Gasteiger partial charge in [-0.05, 0) is 29.0 Å². The van der Waals surface area contributed by atoms with Crippen molar-refractivity contribution in [2.75, 3.05) is 12.8 Å². The summed E-state index contributed by atoms with van der Waals surface area (Å²) in [6.45, 7) is 2.14. The Bertz CT molecular complexity index is 759. The number of ketones is 1. The zero-order valence-corrected chi connectivity index (χ0v) is 14.6. The number of aromatic nitrogens is 1. The Morgan fingerprint density at radius 3 is 2.88 bits per heavy atom. The molecule has 0 amide bonds. The molecule has 1 atom stereocenters. The summed E-state index contributed by atoms with van der Waals surface area (Å²) in [4.78, 5) is 17.0. The lowest BCUT2D eigenvalue weighted by atomic mass is 9.97. The smallest absolute Gasteiger partial charge is 0.214 e. The molecule has 1 aliphatic heterocycles. The lowest BCUT2D eigenvalue weighted by molar-refractivity contribution is -0.120. The first-order valence-electron chi connectivity index (χ1n) is 7.94. The van der Waals surface area contributed by atoms with Crippen molar-refractivity contribution in [1.82, 2.24) is 10.3 Å². The molecule has 0 radical (unpaired) electrons. The van der Waals surface area contributed by atoms with Gasteiger partial charge < -0.3 is 10.1 Å². The third-order valence-electron chi connectivity index (χ3n) is 3.85. The van der Waals surface area contributed by atoms with Gasteiger partial charge in [0.1, 0.15) is 0 Å². The number of thioether (sulfide) groups is 1. The molecule has 1 aromatic carbocycles. The van der Waals surface area contributed by atoms with E-state index in [-0.39, 0.29) is 5.78 Å². The quantitative estimate of drug-likeness (QED) is 0.871. The Morgan fingerprint density at radius 2 is 2.17 bits per heavy atom. The summed E-state index contributed by atoms with van der Waals surface area (Å²) >= 11 is 1.86. The summed E-state index contributed by atoms with van der Waals surface area (Å²) in [5.41, 5.74) is 3.47. The van der Waals surface area contributed by atoms with E-state index in [1.807, 2.05) is 36.0 Å². The lowest BCUT2D eigenvalue weighted by Crippen LogP contribution is -2.10. The van der Waals surface area contributed by atoms with Crippen molar-refractivity contribution < 1.29 is 9.53 Å². The van der Waals surface area contributed by atoms with Crippen LogP contribution in [0.3, 0.4) is 0 Å². The van der Waals surface area contributed by atoms with Crippen LogP contribution in [-0.2, 0) is 15.3 Å². The maximum atomic E-state index is 12.9. The molecule has 4 nitrogen and oxygen atoms in total. The van der Waals surface area contributed by atoms with Crippen LogP contribution in [0.1, 0.15) is 29.7 Å². The van der Waals surface area contributed by atoms with Gasteiger partial charge in [-0.3, -0.25) is 9.78 Å². The second kappa shape index (κ2) is 7.53. The number of hydrogen-bond acceptors (Lipinski definition) is 5. The molecule has 0 aliphatic carbocycles. The van der Waals surface area contributed by atoms with Gasteiger partial charge in [0.25, 0.3) is 0 Å². The van der Waals surface area contributed by atoms with Crippen molar-refractivity contribution in [3.05, 3.63) is 71.4 Å². The number of nitrogens with one attached hydrogen (secondary N) is 1. The Hall–Kier alpha value is -2.27. The molecule has 3 rings (SSSR count). The molecule has 2 aromatic rings. The van der Waals surface area contributed by atoms with E-state index in [4.69, 9.17) is 4.74 Å². The van der Waals surface area contributed by atoms with Crippen molar-refractivity contribution in [3.63, 3.8) is 0 Å². The monoisotopic (exact) mass is 340 g/mol. The summed E-state index contributed by atoms with van der Waals surface area (Å²) in [6, 6.07) is 11.8. The largest absolute Gasteiger partial charge is 0.462 e. The van der Waals surface area contributed by atoms with Crippen LogP contribution in [-0.4, -0.2) is 23.6 Å². The van der Waals surface area contributed by atoms with Gasteiger partial charge in [-0.1, -0.05) is 31.2 Å². The number of benzene rings is 1. The standard InChI is InChI=1S/C19H20N2O2S/c1-3-24-12-13-6-4-7-14(10-13)16-17(22)18(23-19(16)20-2)15-8-5-9-21-11-15/h4-11,18,20H,3,12H2,1-2H3. The van der Waals surface area contributed by atoms with E-state index in [1.165, 1.54) is 5.56 Å². The number of Topliss-reactive ketones (excluding diaryl/α,β-unsaturated/α-hetero) is 1. The number of rotatable bonds is 6. The van der Waals surface area contributed by atoms with E-state index < -0.39 is 6.10 Å². The zero-order chi connectivity index (χ0) is 16.9. The van der Waals surface area contributed by atoms with E-state index in [0.717, 1.165) is 22.6 Å². The summed E-state index contributed by atoms with van der Waals surface area (Å²) in [7, 11) is 1.77. The average molecular weight is 340 g/mol. The molecule has 0 saturated heterocycles. The molecular formula is C19H20N2O2S. The van der Waals surface area contributed by atoms with Gasteiger partial charge in [0, 0.05) is 30.8 Å². The highest BCUT2D eigenvalue weighted by molar-refractivity contribution is 7.98. The van der Waals surface area contributed by atoms with Gasteiger partial charge >= 0.3 is 0 Å². The number of pyridine rings is 1. The fourth-order valence-electron chi connectivity index (χ4n) is 2.72. The molecule has 24 heavy (non-hydrogen) atoms. The van der Waals surface area contributed by atoms with Gasteiger partial charge in [0.05, 0.1) is 5.57 Å². The van der Waals surface area contributed by atoms with Crippen molar-refractivity contribution in [1.29, 1.82) is 0 Å². The molecule has 2 heterocycles. The van der Waals surface area contributed by atoms with Gasteiger partial charge in [0.15, 0.2) is 12.0 Å². The first-order valence-corrected chi connectivity index (χ1v) is 9.10. The molecule has 0 saturated carbocycles. The molecule has 0 fully saturated rings. The fourth-order valence-corrected chi connectivity index (χ4v) is 3.34. The predicted octanol–water partition coefficient (Wildman–Crippen LogP) is 3.56. The van der Waals surface area contributed by atoms with E-state index in [0.29, 0.717) is 11.5 Å². The number of carbonyl (C=O) groups is 1. The summed E-state index contributed by atoms with van der Waals surface area (Å²) < 4.78 is 5.87. The molecule has 1 N–H and O–H groups in total. The Labute approximate surface area is 146 Å². The van der Waals surface area contributed by atoms with E-state index in [1.54, 1.807) is 19.4 Å². The fraction of sp³-hybridized carbons (Fsp3) is 0.263.